The highest BCUT2D eigenvalue weighted by atomic mass is 127. The molecule has 2 aromatic carbocycles. The van der Waals surface area contributed by atoms with Gasteiger partial charge in [-0.3, -0.25) is 0 Å². The van der Waals surface area contributed by atoms with Crippen molar-refractivity contribution >= 4 is 39.9 Å². The number of rotatable bonds is 3. The van der Waals surface area contributed by atoms with Crippen molar-refractivity contribution in [2.75, 3.05) is 12.4 Å². The van der Waals surface area contributed by atoms with Crippen LogP contribution in [0.2, 0.25) is 0 Å². The van der Waals surface area contributed by atoms with Crippen molar-refractivity contribution in [3.8, 4) is 0 Å². The van der Waals surface area contributed by atoms with E-state index in [2.05, 4.69) is 27.9 Å². The topological polar surface area (TPSA) is 38.3 Å². The number of para-hydroxylation sites is 1. The summed E-state index contributed by atoms with van der Waals surface area (Å²) in [6.07, 6.45) is 0. The van der Waals surface area contributed by atoms with Crippen LogP contribution in [0.4, 0.5) is 11.4 Å². The fourth-order valence-corrected chi connectivity index (χ4v) is 1.93. The Morgan fingerprint density at radius 2 is 1.78 bits per heavy atom. The molecule has 0 aliphatic carbocycles. The molecular weight excluding hydrogens is 341 g/mol. The number of nitrogens with one attached hydrogen (secondary N) is 1. The van der Waals surface area contributed by atoms with E-state index in [0.29, 0.717) is 5.56 Å². The van der Waals surface area contributed by atoms with Gasteiger partial charge in [0.25, 0.3) is 0 Å². The number of anilines is 2. The highest BCUT2D eigenvalue weighted by Gasteiger charge is 2.10. The van der Waals surface area contributed by atoms with Gasteiger partial charge in [0, 0.05) is 9.26 Å². The average molecular weight is 353 g/mol. The van der Waals surface area contributed by atoms with Crippen molar-refractivity contribution in [1.29, 1.82) is 0 Å². The van der Waals surface area contributed by atoms with Crippen molar-refractivity contribution in [3.05, 3.63) is 57.7 Å². The predicted octanol–water partition coefficient (Wildman–Crippen LogP) is 3.82. The van der Waals surface area contributed by atoms with Gasteiger partial charge in [-0.2, -0.15) is 0 Å². The van der Waals surface area contributed by atoms with Crippen molar-refractivity contribution in [3.63, 3.8) is 0 Å². The molecule has 18 heavy (non-hydrogen) atoms. The highest BCUT2D eigenvalue weighted by molar-refractivity contribution is 14.1. The van der Waals surface area contributed by atoms with Crippen LogP contribution in [0.3, 0.4) is 0 Å². The van der Waals surface area contributed by atoms with Gasteiger partial charge in [0.15, 0.2) is 0 Å². The minimum atomic E-state index is -0.344. The number of halogens is 1. The zero-order chi connectivity index (χ0) is 13.0. The lowest BCUT2D eigenvalue weighted by atomic mass is 10.1. The Kier molecular flexibility index (Phi) is 4.19. The Labute approximate surface area is 119 Å². The molecule has 0 aromatic heterocycles. The van der Waals surface area contributed by atoms with Crippen molar-refractivity contribution in [2.24, 2.45) is 0 Å². The Bertz CT molecular complexity index is 552. The van der Waals surface area contributed by atoms with Crippen molar-refractivity contribution in [1.82, 2.24) is 0 Å². The summed E-state index contributed by atoms with van der Waals surface area (Å²) in [5.74, 6) is -0.344. The van der Waals surface area contributed by atoms with Gasteiger partial charge in [-0.1, -0.05) is 12.1 Å². The molecule has 92 valence electrons. The molecule has 2 aromatic rings. The summed E-state index contributed by atoms with van der Waals surface area (Å²) in [7, 11) is 1.38. The van der Waals surface area contributed by atoms with E-state index in [-0.39, 0.29) is 5.97 Å². The van der Waals surface area contributed by atoms with E-state index in [9.17, 15) is 4.79 Å². The van der Waals surface area contributed by atoms with Gasteiger partial charge in [-0.25, -0.2) is 4.79 Å². The number of benzene rings is 2. The van der Waals surface area contributed by atoms with Gasteiger partial charge in [0.1, 0.15) is 0 Å². The first-order valence-electron chi connectivity index (χ1n) is 5.40. The molecule has 4 heteroatoms. The zero-order valence-electron chi connectivity index (χ0n) is 9.81. The average Bonchev–Trinajstić information content (AvgIpc) is 2.41. The maximum absolute atomic E-state index is 11.6. The van der Waals surface area contributed by atoms with Gasteiger partial charge in [-0.05, 0) is 59.0 Å². The second-order valence-electron chi connectivity index (χ2n) is 3.67. The van der Waals surface area contributed by atoms with E-state index in [1.807, 2.05) is 42.5 Å². The molecule has 1 N–H and O–H groups in total. The van der Waals surface area contributed by atoms with Gasteiger partial charge in [0.05, 0.1) is 18.4 Å². The third kappa shape index (κ3) is 3.01. The molecule has 0 fully saturated rings. The molecule has 0 radical (unpaired) electrons. The molecule has 0 heterocycles. The molecule has 0 unspecified atom stereocenters. The zero-order valence-corrected chi connectivity index (χ0v) is 12.0. The Morgan fingerprint density at radius 3 is 2.44 bits per heavy atom. The van der Waals surface area contributed by atoms with E-state index >= 15 is 0 Å². The van der Waals surface area contributed by atoms with Gasteiger partial charge >= 0.3 is 5.97 Å². The monoisotopic (exact) mass is 353 g/mol. The number of carbonyl (C=O) groups is 1. The van der Waals surface area contributed by atoms with Crippen molar-refractivity contribution in [2.45, 2.75) is 0 Å². The van der Waals surface area contributed by atoms with E-state index in [1.54, 1.807) is 6.07 Å². The smallest absolute Gasteiger partial charge is 0.339 e. The van der Waals surface area contributed by atoms with E-state index in [0.717, 1.165) is 11.4 Å². The maximum Gasteiger partial charge on any atom is 0.339 e. The first-order chi connectivity index (χ1) is 8.70. The molecule has 2 rings (SSSR count). The minimum Gasteiger partial charge on any atom is -0.465 e. The van der Waals surface area contributed by atoms with Gasteiger partial charge in [-0.15, -0.1) is 0 Å². The van der Waals surface area contributed by atoms with E-state index in [4.69, 9.17) is 4.74 Å². The molecule has 0 amide bonds. The number of hydrogen-bond acceptors (Lipinski definition) is 3. The highest BCUT2D eigenvalue weighted by Crippen LogP contribution is 2.22. The molecule has 0 bridgehead atoms. The van der Waals surface area contributed by atoms with Crippen LogP contribution in [0.1, 0.15) is 10.4 Å². The second-order valence-corrected chi connectivity index (χ2v) is 4.91. The normalized spacial score (nSPS) is 9.89. The molecule has 0 saturated heterocycles. The molecule has 3 nitrogen and oxygen atoms in total. The van der Waals surface area contributed by atoms with E-state index < -0.39 is 0 Å². The standard InChI is InChI=1S/C14H12INO2/c1-18-14(17)12-4-2-3-5-13(12)16-11-8-6-10(15)7-9-11/h2-9,16H,1H3. The number of methoxy groups -OCH3 is 1. The number of hydrogen-bond donors (Lipinski definition) is 1. The molecule has 0 atom stereocenters. The summed E-state index contributed by atoms with van der Waals surface area (Å²) in [6, 6.07) is 15.2. The van der Waals surface area contributed by atoms with Crippen LogP contribution in [-0.2, 0) is 4.74 Å². The Morgan fingerprint density at radius 1 is 1.11 bits per heavy atom. The third-order valence-corrected chi connectivity index (χ3v) is 3.17. The van der Waals surface area contributed by atoms with Gasteiger partial charge in [0.2, 0.25) is 0 Å². The molecule has 0 aliphatic heterocycles. The predicted molar refractivity (Wildman–Crippen MR) is 80.2 cm³/mol. The van der Waals surface area contributed by atoms with Crippen LogP contribution >= 0.6 is 22.6 Å². The summed E-state index contributed by atoms with van der Waals surface area (Å²) < 4.78 is 5.92. The largest absolute Gasteiger partial charge is 0.465 e. The lowest BCUT2D eigenvalue weighted by Crippen LogP contribution is -2.05. The van der Waals surface area contributed by atoms with Crippen LogP contribution < -0.4 is 5.32 Å². The summed E-state index contributed by atoms with van der Waals surface area (Å²) in [5, 5.41) is 3.21. The lowest BCUT2D eigenvalue weighted by Gasteiger charge is -2.10. The maximum atomic E-state index is 11.6. The minimum absolute atomic E-state index is 0.344. The number of carbonyl (C=O) groups excluding carboxylic acids is 1. The summed E-state index contributed by atoms with van der Waals surface area (Å²) in [4.78, 5) is 11.6. The van der Waals surface area contributed by atoms with E-state index in [1.165, 1.54) is 10.7 Å². The first kappa shape index (κ1) is 12.9. The number of ether oxygens (including phenoxy) is 1. The van der Waals surface area contributed by atoms with Crippen LogP contribution in [0, 0.1) is 3.57 Å². The van der Waals surface area contributed by atoms with Crippen LogP contribution in [0.15, 0.2) is 48.5 Å². The number of esters is 1. The molecule has 0 aliphatic rings. The van der Waals surface area contributed by atoms with Gasteiger partial charge < -0.3 is 10.1 Å². The van der Waals surface area contributed by atoms with Crippen LogP contribution in [0.25, 0.3) is 0 Å². The van der Waals surface area contributed by atoms with Crippen molar-refractivity contribution < 1.29 is 9.53 Å². The third-order valence-electron chi connectivity index (χ3n) is 2.46. The fourth-order valence-electron chi connectivity index (χ4n) is 1.57. The second kappa shape index (κ2) is 5.86. The molecular formula is C14H12INO2. The Balaban J connectivity index is 2.28. The first-order valence-corrected chi connectivity index (χ1v) is 6.48. The fraction of sp³-hybridized carbons (Fsp3) is 0.0714. The quantitative estimate of drug-likeness (QED) is 0.674. The lowest BCUT2D eigenvalue weighted by molar-refractivity contribution is 0.0602. The summed E-state index contributed by atoms with van der Waals surface area (Å²) >= 11 is 2.25. The molecule has 0 spiro atoms. The summed E-state index contributed by atoms with van der Waals surface area (Å²) in [6.45, 7) is 0. The SMILES string of the molecule is COC(=O)c1ccccc1Nc1ccc(I)cc1. The Hall–Kier alpha value is -1.56. The van der Waals surface area contributed by atoms with Crippen LogP contribution in [0.5, 0.6) is 0 Å². The molecule has 0 saturated carbocycles. The van der Waals surface area contributed by atoms with Crippen LogP contribution in [-0.4, -0.2) is 13.1 Å². The summed E-state index contributed by atoms with van der Waals surface area (Å²) in [5.41, 5.74) is 2.20.